The van der Waals surface area contributed by atoms with E-state index in [-0.39, 0.29) is 10.7 Å². The first-order valence-corrected chi connectivity index (χ1v) is 8.18. The Balaban J connectivity index is 1.87. The van der Waals surface area contributed by atoms with E-state index < -0.39 is 5.97 Å². The Morgan fingerprint density at radius 3 is 2.42 bits per heavy atom. The van der Waals surface area contributed by atoms with E-state index in [0.717, 1.165) is 38.4 Å². The molecule has 1 unspecified atom stereocenters. The average molecular weight is 284 g/mol. The zero-order chi connectivity index (χ0) is 13.8. The van der Waals surface area contributed by atoms with Crippen molar-refractivity contribution in [2.75, 3.05) is 25.6 Å². The molecule has 3 saturated heterocycles. The lowest BCUT2D eigenvalue weighted by molar-refractivity contribution is -0.466. The van der Waals surface area contributed by atoms with Crippen LogP contribution in [0.25, 0.3) is 0 Å². The molecule has 1 atom stereocenters. The Hall–Kier alpha value is -0.210. The van der Waals surface area contributed by atoms with Crippen molar-refractivity contribution in [3.8, 4) is 12.3 Å². The van der Waals surface area contributed by atoms with Gasteiger partial charge < -0.3 is 14.2 Å². The molecule has 0 aromatic carbocycles. The second kappa shape index (κ2) is 6.49. The lowest BCUT2D eigenvalue weighted by Crippen LogP contribution is -2.63. The number of unbranched alkanes of at least 4 members (excludes halogenated alkanes) is 1. The smallest absolute Gasteiger partial charge is 0.295 e. The van der Waals surface area contributed by atoms with Crippen LogP contribution in [0.1, 0.15) is 39.5 Å². The number of ether oxygens (including phenoxy) is 3. The van der Waals surface area contributed by atoms with Crippen molar-refractivity contribution in [3.05, 3.63) is 0 Å². The first-order valence-electron chi connectivity index (χ1n) is 7.13. The van der Waals surface area contributed by atoms with Crippen LogP contribution in [0.3, 0.4) is 0 Å². The van der Waals surface area contributed by atoms with Crippen molar-refractivity contribution in [1.29, 1.82) is 0 Å². The average Bonchev–Trinajstić information content (AvgIpc) is 2.47. The molecule has 0 N–H and O–H groups in total. The lowest BCUT2D eigenvalue weighted by Gasteiger charge is -2.53. The highest BCUT2D eigenvalue weighted by molar-refractivity contribution is 7.99. The molecule has 108 valence electrons. The van der Waals surface area contributed by atoms with E-state index >= 15 is 0 Å². The van der Waals surface area contributed by atoms with Gasteiger partial charge in [0, 0.05) is 17.6 Å². The molecule has 0 spiro atoms. The SMILES string of the molecule is C#CCCSC(C)C12OCC(CCCC)(CO1)CO2. The predicted molar refractivity (Wildman–Crippen MR) is 77.9 cm³/mol. The van der Waals surface area contributed by atoms with Gasteiger partial charge in [-0.1, -0.05) is 19.8 Å². The lowest BCUT2D eigenvalue weighted by atomic mass is 9.83. The van der Waals surface area contributed by atoms with Crippen molar-refractivity contribution in [2.45, 2.75) is 50.8 Å². The van der Waals surface area contributed by atoms with Crippen molar-refractivity contribution >= 4 is 11.8 Å². The Kier molecular flexibility index (Phi) is 5.19. The molecule has 4 heteroatoms. The molecule has 3 nitrogen and oxygen atoms in total. The summed E-state index contributed by atoms with van der Waals surface area (Å²) in [6.07, 6.45) is 9.57. The maximum absolute atomic E-state index is 5.94. The van der Waals surface area contributed by atoms with E-state index in [1.165, 1.54) is 12.8 Å². The Morgan fingerprint density at radius 1 is 1.26 bits per heavy atom. The summed E-state index contributed by atoms with van der Waals surface area (Å²) in [4.78, 5) is 0. The Bertz CT molecular complexity index is 312. The molecule has 2 bridgehead atoms. The fraction of sp³-hybridized carbons (Fsp3) is 0.867. The van der Waals surface area contributed by atoms with Gasteiger partial charge in [0.05, 0.1) is 25.1 Å². The molecule has 0 saturated carbocycles. The highest BCUT2D eigenvalue weighted by Crippen LogP contribution is 2.45. The largest absolute Gasteiger partial charge is 0.326 e. The maximum atomic E-state index is 5.94. The minimum atomic E-state index is -0.840. The molecule has 3 heterocycles. The van der Waals surface area contributed by atoms with Crippen LogP contribution in [0, 0.1) is 17.8 Å². The van der Waals surface area contributed by atoms with E-state index in [4.69, 9.17) is 20.6 Å². The summed E-state index contributed by atoms with van der Waals surface area (Å²) in [5.74, 6) is 2.73. The van der Waals surface area contributed by atoms with E-state index in [1.807, 2.05) is 0 Å². The molecule has 3 fully saturated rings. The number of thioether (sulfide) groups is 1. The quantitative estimate of drug-likeness (QED) is 0.530. The fourth-order valence-corrected chi connectivity index (χ4v) is 3.53. The minimum Gasteiger partial charge on any atom is -0.326 e. The topological polar surface area (TPSA) is 27.7 Å². The van der Waals surface area contributed by atoms with Crippen molar-refractivity contribution in [2.24, 2.45) is 5.41 Å². The molecule has 0 radical (unpaired) electrons. The monoisotopic (exact) mass is 284 g/mol. The molecule has 0 aromatic heterocycles. The van der Waals surface area contributed by atoms with Crippen LogP contribution in [0.2, 0.25) is 0 Å². The first-order chi connectivity index (χ1) is 9.16. The van der Waals surface area contributed by atoms with Gasteiger partial charge in [-0.15, -0.1) is 24.1 Å². The van der Waals surface area contributed by atoms with Crippen LogP contribution in [-0.2, 0) is 14.2 Å². The molecule has 3 aliphatic heterocycles. The van der Waals surface area contributed by atoms with Crippen LogP contribution in [0.5, 0.6) is 0 Å². The van der Waals surface area contributed by atoms with Gasteiger partial charge in [-0.25, -0.2) is 0 Å². The summed E-state index contributed by atoms with van der Waals surface area (Å²) in [6, 6.07) is 0. The molecule has 3 aliphatic rings. The first kappa shape index (κ1) is 15.2. The van der Waals surface area contributed by atoms with Crippen molar-refractivity contribution in [1.82, 2.24) is 0 Å². The van der Waals surface area contributed by atoms with Crippen molar-refractivity contribution in [3.63, 3.8) is 0 Å². The van der Waals surface area contributed by atoms with Gasteiger partial charge in [-0.3, -0.25) is 0 Å². The van der Waals surface area contributed by atoms with Crippen LogP contribution >= 0.6 is 11.8 Å². The molecular weight excluding hydrogens is 260 g/mol. The third-order valence-electron chi connectivity index (χ3n) is 3.91. The summed E-state index contributed by atoms with van der Waals surface area (Å²) in [6.45, 7) is 6.57. The number of hydrogen-bond acceptors (Lipinski definition) is 4. The zero-order valence-corrected chi connectivity index (χ0v) is 12.8. The standard InChI is InChI=1S/C15H24O3S/c1-4-6-8-14-10-16-15(17-11-14,18-12-14)13(3)19-9-7-5-2/h2,13H,4,6-12H2,1,3H3. The summed E-state index contributed by atoms with van der Waals surface area (Å²) in [5, 5.41) is 0.144. The Labute approximate surface area is 120 Å². The van der Waals surface area contributed by atoms with Crippen molar-refractivity contribution < 1.29 is 14.2 Å². The highest BCUT2D eigenvalue weighted by Gasteiger charge is 2.55. The van der Waals surface area contributed by atoms with Crippen LogP contribution in [-0.4, -0.2) is 36.8 Å². The number of hydrogen-bond donors (Lipinski definition) is 0. The molecule has 0 amide bonds. The third-order valence-corrected chi connectivity index (χ3v) is 5.14. The number of terminal acetylenes is 1. The minimum absolute atomic E-state index is 0.0843. The van der Waals surface area contributed by atoms with Gasteiger partial charge >= 0.3 is 0 Å². The number of fused-ring (bicyclic) bond motifs is 3. The molecule has 0 aliphatic carbocycles. The summed E-state index contributed by atoms with van der Waals surface area (Å²) < 4.78 is 17.8. The molecule has 0 aromatic rings. The summed E-state index contributed by atoms with van der Waals surface area (Å²) in [7, 11) is 0. The van der Waals surface area contributed by atoms with Gasteiger partial charge in [-0.05, 0) is 13.3 Å². The summed E-state index contributed by atoms with van der Waals surface area (Å²) in [5.41, 5.74) is 0.0843. The number of rotatable bonds is 7. The third kappa shape index (κ3) is 3.28. The van der Waals surface area contributed by atoms with Crippen LogP contribution < -0.4 is 0 Å². The van der Waals surface area contributed by atoms with E-state index in [9.17, 15) is 0 Å². The molecule has 19 heavy (non-hydrogen) atoms. The van der Waals surface area contributed by atoms with E-state index in [0.29, 0.717) is 0 Å². The predicted octanol–water partition coefficient (Wildman–Crippen LogP) is 3.04. The fourth-order valence-electron chi connectivity index (χ4n) is 2.53. The molecule has 3 rings (SSSR count). The second-order valence-electron chi connectivity index (χ2n) is 5.54. The highest BCUT2D eigenvalue weighted by atomic mass is 32.2. The van der Waals surface area contributed by atoms with Gasteiger partial charge in [0.25, 0.3) is 5.97 Å². The normalized spacial score (nSPS) is 35.0. The Morgan fingerprint density at radius 2 is 1.89 bits per heavy atom. The second-order valence-corrected chi connectivity index (χ2v) is 6.99. The summed E-state index contributed by atoms with van der Waals surface area (Å²) >= 11 is 1.75. The van der Waals surface area contributed by atoms with Gasteiger partial charge in [0.15, 0.2) is 0 Å². The van der Waals surface area contributed by atoms with Gasteiger partial charge in [0.2, 0.25) is 0 Å². The van der Waals surface area contributed by atoms with Crippen LogP contribution in [0.4, 0.5) is 0 Å². The van der Waals surface area contributed by atoms with Gasteiger partial charge in [0.1, 0.15) is 0 Å². The zero-order valence-electron chi connectivity index (χ0n) is 11.9. The maximum Gasteiger partial charge on any atom is 0.295 e. The van der Waals surface area contributed by atoms with Crippen LogP contribution in [0.15, 0.2) is 0 Å². The van der Waals surface area contributed by atoms with E-state index in [2.05, 4.69) is 19.8 Å². The molecular formula is C15H24O3S. The van der Waals surface area contributed by atoms with Gasteiger partial charge in [-0.2, -0.15) is 0 Å². The van der Waals surface area contributed by atoms with E-state index in [1.54, 1.807) is 11.8 Å².